The summed E-state index contributed by atoms with van der Waals surface area (Å²) in [5.41, 5.74) is 1.09. The van der Waals surface area contributed by atoms with Crippen LogP contribution in [0.3, 0.4) is 0 Å². The monoisotopic (exact) mass is 458 g/mol. The van der Waals surface area contributed by atoms with E-state index in [4.69, 9.17) is 0 Å². The normalized spacial score (nSPS) is 10.8. The van der Waals surface area contributed by atoms with Gasteiger partial charge in [0, 0.05) is 22.4 Å². The van der Waals surface area contributed by atoms with E-state index in [2.05, 4.69) is 50.0 Å². The van der Waals surface area contributed by atoms with Gasteiger partial charge in [0.2, 0.25) is 0 Å². The van der Waals surface area contributed by atoms with E-state index >= 15 is 0 Å². The second-order valence-corrected chi connectivity index (χ2v) is 6.22. The van der Waals surface area contributed by atoms with Gasteiger partial charge in [0.1, 0.15) is 5.01 Å². The summed E-state index contributed by atoms with van der Waals surface area (Å²) in [6.45, 7) is 12.0. The lowest BCUT2D eigenvalue weighted by molar-refractivity contribution is 0.855. The lowest BCUT2D eigenvalue weighted by Crippen LogP contribution is -2.37. The highest BCUT2D eigenvalue weighted by Crippen LogP contribution is 2.16. The van der Waals surface area contributed by atoms with Crippen molar-refractivity contribution in [3.05, 3.63) is 26.6 Å². The molecule has 0 aliphatic rings. The zero-order chi connectivity index (χ0) is 13.5. The summed E-state index contributed by atoms with van der Waals surface area (Å²) in [6.07, 6.45) is 0. The molecule has 0 fully saturated rings. The van der Waals surface area contributed by atoms with Crippen LogP contribution < -0.4 is 10.6 Å². The van der Waals surface area contributed by atoms with Gasteiger partial charge in [-0.3, -0.25) is 0 Å². The van der Waals surface area contributed by atoms with Crippen LogP contribution in [0.1, 0.15) is 22.5 Å². The van der Waals surface area contributed by atoms with Crippen LogP contribution in [0.15, 0.2) is 16.1 Å². The number of rotatable bonds is 5. The van der Waals surface area contributed by atoms with Gasteiger partial charge in [0.15, 0.2) is 5.96 Å². The molecule has 1 heterocycles. The number of hydrogen-bond acceptors (Lipinski definition) is 3. The number of thiazole rings is 1. The summed E-state index contributed by atoms with van der Waals surface area (Å²) in [7, 11) is 0. The second-order valence-electron chi connectivity index (χ2n) is 3.82. The minimum atomic E-state index is 0. The number of aromatic nitrogens is 1. The topological polar surface area (TPSA) is 49.3 Å². The minimum absolute atomic E-state index is 0. The lowest BCUT2D eigenvalue weighted by Gasteiger charge is -2.09. The largest absolute Gasteiger partial charge is 0.357 e. The molecule has 0 amide bonds. The Morgan fingerprint density at radius 3 is 2.58 bits per heavy atom. The summed E-state index contributed by atoms with van der Waals surface area (Å²) in [5.74, 6) is 0.781. The molecular formula is C12H20BrIN4S. The maximum atomic E-state index is 4.49. The number of hydrogen-bond donors (Lipinski definition) is 2. The summed E-state index contributed by atoms with van der Waals surface area (Å²) in [5, 5.41) is 7.41. The Hall–Kier alpha value is -0.150. The van der Waals surface area contributed by atoms with Gasteiger partial charge in [-0.05, 0) is 20.8 Å². The number of aryl methyl sites for hydroxylation is 2. The van der Waals surface area contributed by atoms with E-state index in [9.17, 15) is 0 Å². The molecule has 1 aromatic rings. The van der Waals surface area contributed by atoms with Gasteiger partial charge in [0.25, 0.3) is 0 Å². The maximum Gasteiger partial charge on any atom is 0.191 e. The van der Waals surface area contributed by atoms with Gasteiger partial charge >= 0.3 is 0 Å². The molecular weight excluding hydrogens is 439 g/mol. The molecule has 0 atom stereocenters. The third-order valence-electron chi connectivity index (χ3n) is 2.24. The molecule has 1 aromatic heterocycles. The summed E-state index contributed by atoms with van der Waals surface area (Å²) < 4.78 is 0.897. The number of nitrogens with zero attached hydrogens (tertiary/aromatic N) is 2. The molecule has 19 heavy (non-hydrogen) atoms. The molecule has 0 bridgehead atoms. The SMILES string of the molecule is C=C(Br)CNC(=NCc1nc(C)c(C)s1)NCC.I. The molecule has 0 saturated carbocycles. The van der Waals surface area contributed by atoms with Crippen molar-refractivity contribution in [3.8, 4) is 0 Å². The van der Waals surface area contributed by atoms with E-state index in [-0.39, 0.29) is 24.0 Å². The quantitative estimate of drug-likeness (QED) is 0.404. The number of nitrogens with one attached hydrogen (secondary N) is 2. The number of aliphatic imine (C=N–C) groups is 1. The molecule has 0 aliphatic heterocycles. The highest BCUT2D eigenvalue weighted by Gasteiger charge is 2.03. The Labute approximate surface area is 144 Å². The highest BCUT2D eigenvalue weighted by atomic mass is 127. The van der Waals surface area contributed by atoms with Gasteiger partial charge in [-0.1, -0.05) is 22.5 Å². The first-order valence-corrected chi connectivity index (χ1v) is 7.42. The fourth-order valence-corrected chi connectivity index (χ4v) is 2.27. The Balaban J connectivity index is 0.00000324. The van der Waals surface area contributed by atoms with Crippen LogP contribution in [0, 0.1) is 13.8 Å². The first-order chi connectivity index (χ1) is 8.52. The lowest BCUT2D eigenvalue weighted by atomic mass is 10.4. The van der Waals surface area contributed by atoms with E-state index in [1.54, 1.807) is 11.3 Å². The first kappa shape index (κ1) is 18.9. The molecule has 0 aromatic carbocycles. The Morgan fingerprint density at radius 1 is 1.42 bits per heavy atom. The molecule has 7 heteroatoms. The van der Waals surface area contributed by atoms with Crippen LogP contribution in [-0.4, -0.2) is 24.0 Å². The van der Waals surface area contributed by atoms with E-state index in [1.165, 1.54) is 4.88 Å². The van der Waals surface area contributed by atoms with Crippen LogP contribution in [-0.2, 0) is 6.54 Å². The van der Waals surface area contributed by atoms with Gasteiger partial charge in [-0.25, -0.2) is 9.98 Å². The van der Waals surface area contributed by atoms with Crippen LogP contribution in [0.4, 0.5) is 0 Å². The van der Waals surface area contributed by atoms with Crippen molar-refractivity contribution in [2.75, 3.05) is 13.1 Å². The standard InChI is InChI=1S/C12H19BrN4S.HI/c1-5-14-12(15-6-8(2)13)16-7-11-17-9(3)10(4)18-11;/h2,5-7H2,1,3-4H3,(H2,14,15,16);1H. The van der Waals surface area contributed by atoms with E-state index in [0.717, 1.165) is 27.7 Å². The maximum absolute atomic E-state index is 4.49. The number of guanidine groups is 1. The smallest absolute Gasteiger partial charge is 0.191 e. The van der Waals surface area contributed by atoms with E-state index in [0.29, 0.717) is 13.1 Å². The second kappa shape index (κ2) is 9.71. The predicted molar refractivity (Wildman–Crippen MR) is 97.9 cm³/mol. The molecule has 0 spiro atoms. The average Bonchev–Trinajstić information content (AvgIpc) is 2.62. The minimum Gasteiger partial charge on any atom is -0.357 e. The van der Waals surface area contributed by atoms with Crippen molar-refractivity contribution in [2.45, 2.75) is 27.3 Å². The van der Waals surface area contributed by atoms with Crippen LogP contribution in [0.2, 0.25) is 0 Å². The zero-order valence-electron chi connectivity index (χ0n) is 11.4. The molecule has 0 aliphatic carbocycles. The zero-order valence-corrected chi connectivity index (χ0v) is 16.2. The fourth-order valence-electron chi connectivity index (χ4n) is 1.27. The Morgan fingerprint density at radius 2 is 2.11 bits per heavy atom. The van der Waals surface area contributed by atoms with Crippen molar-refractivity contribution in [1.29, 1.82) is 0 Å². The van der Waals surface area contributed by atoms with Crippen molar-refractivity contribution < 1.29 is 0 Å². The molecule has 1 rings (SSSR count). The molecule has 4 nitrogen and oxygen atoms in total. The third kappa shape index (κ3) is 7.26. The molecule has 0 radical (unpaired) electrons. The van der Waals surface area contributed by atoms with E-state index in [1.807, 2.05) is 13.8 Å². The average molecular weight is 459 g/mol. The van der Waals surface area contributed by atoms with Crippen molar-refractivity contribution >= 4 is 57.2 Å². The molecule has 0 saturated heterocycles. The molecule has 0 unspecified atom stereocenters. The van der Waals surface area contributed by atoms with Crippen molar-refractivity contribution in [1.82, 2.24) is 15.6 Å². The fraction of sp³-hybridized carbons (Fsp3) is 0.500. The van der Waals surface area contributed by atoms with Crippen LogP contribution in [0.5, 0.6) is 0 Å². The van der Waals surface area contributed by atoms with E-state index < -0.39 is 0 Å². The van der Waals surface area contributed by atoms with Gasteiger partial charge in [-0.15, -0.1) is 35.3 Å². The summed E-state index contributed by atoms with van der Waals surface area (Å²) >= 11 is 5.01. The van der Waals surface area contributed by atoms with Crippen LogP contribution >= 0.6 is 51.2 Å². The van der Waals surface area contributed by atoms with Gasteiger partial charge in [-0.2, -0.15) is 0 Å². The van der Waals surface area contributed by atoms with Crippen LogP contribution in [0.25, 0.3) is 0 Å². The van der Waals surface area contributed by atoms with Gasteiger partial charge < -0.3 is 10.6 Å². The highest BCUT2D eigenvalue weighted by molar-refractivity contribution is 14.0. The number of halogens is 2. The van der Waals surface area contributed by atoms with Crippen molar-refractivity contribution in [2.24, 2.45) is 4.99 Å². The molecule has 2 N–H and O–H groups in total. The predicted octanol–water partition coefficient (Wildman–Crippen LogP) is 3.34. The summed E-state index contributed by atoms with van der Waals surface area (Å²) in [4.78, 5) is 10.2. The Kier molecular flexibility index (Phi) is 9.63. The third-order valence-corrected chi connectivity index (χ3v) is 3.58. The summed E-state index contributed by atoms with van der Waals surface area (Å²) in [6, 6.07) is 0. The molecule has 108 valence electrons. The Bertz CT molecular complexity index is 425. The van der Waals surface area contributed by atoms with Gasteiger partial charge in [0.05, 0.1) is 12.2 Å². The van der Waals surface area contributed by atoms with Crippen molar-refractivity contribution in [3.63, 3.8) is 0 Å². The first-order valence-electron chi connectivity index (χ1n) is 5.81.